The van der Waals surface area contributed by atoms with Crippen molar-refractivity contribution in [3.8, 4) is 0 Å². The van der Waals surface area contributed by atoms with Gasteiger partial charge in [-0.15, -0.1) is 0 Å². The van der Waals surface area contributed by atoms with Gasteiger partial charge in [0.05, 0.1) is 18.3 Å². The highest BCUT2D eigenvalue weighted by molar-refractivity contribution is 9.11. The summed E-state index contributed by atoms with van der Waals surface area (Å²) >= 11 is 6.72. The molecule has 0 aliphatic carbocycles. The number of carbonyl (C=O) groups is 1. The summed E-state index contributed by atoms with van der Waals surface area (Å²) in [6.07, 6.45) is 0. The minimum absolute atomic E-state index is 0.0331. The number of ether oxygens (including phenoxy) is 1. The average Bonchev–Trinajstić information content (AvgIpc) is 2.22. The van der Waals surface area contributed by atoms with Gasteiger partial charge in [-0.05, 0) is 41.1 Å². The number of benzene rings is 1. The van der Waals surface area contributed by atoms with E-state index in [1.165, 1.54) is 0 Å². The molecule has 0 aliphatic rings. The molecule has 0 heterocycles. The van der Waals surface area contributed by atoms with Crippen LogP contribution in [0.3, 0.4) is 0 Å². The Morgan fingerprint density at radius 1 is 1.47 bits per heavy atom. The molecule has 1 atom stereocenters. The molecule has 1 aromatic rings. The fourth-order valence-corrected chi connectivity index (χ4v) is 2.41. The van der Waals surface area contributed by atoms with Crippen molar-refractivity contribution in [3.05, 3.63) is 27.1 Å². The van der Waals surface area contributed by atoms with Crippen LogP contribution in [0.5, 0.6) is 0 Å². The van der Waals surface area contributed by atoms with Crippen LogP contribution in [-0.4, -0.2) is 25.8 Å². The maximum Gasteiger partial charge on any atom is 0.319 e. The van der Waals surface area contributed by atoms with E-state index in [0.717, 1.165) is 14.6 Å². The van der Waals surface area contributed by atoms with Crippen molar-refractivity contribution in [3.63, 3.8) is 0 Å². The highest BCUT2D eigenvalue weighted by Crippen LogP contribution is 2.25. The lowest BCUT2D eigenvalue weighted by atomic mass is 10.3. The summed E-state index contributed by atoms with van der Waals surface area (Å²) in [5, 5.41) is 5.52. The molecule has 2 amide bonds. The highest BCUT2D eigenvalue weighted by Gasteiger charge is 2.08. The van der Waals surface area contributed by atoms with E-state index in [1.807, 2.05) is 25.1 Å². The summed E-state index contributed by atoms with van der Waals surface area (Å²) in [5.74, 6) is 0. The molecule has 0 spiro atoms. The summed E-state index contributed by atoms with van der Waals surface area (Å²) in [6.45, 7) is 2.36. The number of methoxy groups -OCH3 is 1. The van der Waals surface area contributed by atoms with Crippen LogP contribution < -0.4 is 10.6 Å². The quantitative estimate of drug-likeness (QED) is 0.859. The monoisotopic (exact) mass is 364 g/mol. The molecule has 1 rings (SSSR count). The lowest BCUT2D eigenvalue weighted by Crippen LogP contribution is -2.38. The largest absolute Gasteiger partial charge is 0.383 e. The Morgan fingerprint density at radius 3 is 2.76 bits per heavy atom. The van der Waals surface area contributed by atoms with Crippen LogP contribution in [0, 0.1) is 0 Å². The van der Waals surface area contributed by atoms with Crippen LogP contribution in [0.1, 0.15) is 6.92 Å². The van der Waals surface area contributed by atoms with Crippen molar-refractivity contribution >= 4 is 43.6 Å². The molecular weight excluding hydrogens is 352 g/mol. The number of anilines is 1. The molecule has 0 fully saturated rings. The lowest BCUT2D eigenvalue weighted by molar-refractivity contribution is 0.173. The third kappa shape index (κ3) is 5.06. The second kappa shape index (κ2) is 6.98. The van der Waals surface area contributed by atoms with Gasteiger partial charge in [-0.1, -0.05) is 15.9 Å². The summed E-state index contributed by atoms with van der Waals surface area (Å²) in [6, 6.07) is 5.26. The number of amides is 2. The number of nitrogens with one attached hydrogen (secondary N) is 2. The molecule has 2 N–H and O–H groups in total. The van der Waals surface area contributed by atoms with Gasteiger partial charge in [0.15, 0.2) is 0 Å². The predicted octanol–water partition coefficient (Wildman–Crippen LogP) is 3.37. The maximum absolute atomic E-state index is 11.6. The van der Waals surface area contributed by atoms with Crippen LogP contribution in [0.2, 0.25) is 0 Å². The minimum Gasteiger partial charge on any atom is -0.383 e. The average molecular weight is 366 g/mol. The van der Waals surface area contributed by atoms with Gasteiger partial charge in [0.2, 0.25) is 0 Å². The van der Waals surface area contributed by atoms with Crippen LogP contribution in [0.25, 0.3) is 0 Å². The van der Waals surface area contributed by atoms with Crippen molar-refractivity contribution < 1.29 is 9.53 Å². The maximum atomic E-state index is 11.6. The van der Waals surface area contributed by atoms with Crippen molar-refractivity contribution in [2.45, 2.75) is 13.0 Å². The number of carbonyl (C=O) groups excluding carboxylic acids is 1. The van der Waals surface area contributed by atoms with Crippen LogP contribution in [0.4, 0.5) is 10.5 Å². The van der Waals surface area contributed by atoms with E-state index in [2.05, 4.69) is 42.5 Å². The number of halogens is 2. The van der Waals surface area contributed by atoms with Gasteiger partial charge >= 0.3 is 6.03 Å². The lowest BCUT2D eigenvalue weighted by Gasteiger charge is -2.14. The van der Waals surface area contributed by atoms with E-state index >= 15 is 0 Å². The Hall–Kier alpha value is -0.590. The Balaban J connectivity index is 2.56. The van der Waals surface area contributed by atoms with E-state index in [-0.39, 0.29) is 12.1 Å². The second-order valence-electron chi connectivity index (χ2n) is 3.58. The van der Waals surface area contributed by atoms with Crippen LogP contribution in [0.15, 0.2) is 27.1 Å². The highest BCUT2D eigenvalue weighted by atomic mass is 79.9. The molecule has 0 radical (unpaired) electrons. The summed E-state index contributed by atoms with van der Waals surface area (Å²) in [4.78, 5) is 11.6. The molecule has 94 valence electrons. The van der Waals surface area contributed by atoms with Gasteiger partial charge in [-0.2, -0.15) is 0 Å². The van der Waals surface area contributed by atoms with Gasteiger partial charge in [0, 0.05) is 16.1 Å². The van der Waals surface area contributed by atoms with Gasteiger partial charge in [0.25, 0.3) is 0 Å². The molecule has 1 unspecified atom stereocenters. The molecule has 0 aromatic heterocycles. The van der Waals surface area contributed by atoms with Gasteiger partial charge in [-0.3, -0.25) is 0 Å². The fourth-order valence-electron chi connectivity index (χ4n) is 1.26. The zero-order valence-electron chi connectivity index (χ0n) is 9.59. The molecule has 0 bridgehead atoms. The first-order chi connectivity index (χ1) is 8.02. The van der Waals surface area contributed by atoms with Gasteiger partial charge in [0.1, 0.15) is 0 Å². The number of urea groups is 1. The van der Waals surface area contributed by atoms with Crippen LogP contribution >= 0.6 is 31.9 Å². The molecule has 6 heteroatoms. The molecule has 1 aromatic carbocycles. The molecular formula is C11H14Br2N2O2. The van der Waals surface area contributed by atoms with E-state index in [1.54, 1.807) is 7.11 Å². The molecule has 4 nitrogen and oxygen atoms in total. The van der Waals surface area contributed by atoms with Gasteiger partial charge in [-0.25, -0.2) is 4.79 Å². The van der Waals surface area contributed by atoms with E-state index in [0.29, 0.717) is 6.61 Å². The van der Waals surface area contributed by atoms with E-state index in [4.69, 9.17) is 4.74 Å². The summed E-state index contributed by atoms with van der Waals surface area (Å²) in [7, 11) is 1.60. The van der Waals surface area contributed by atoms with Crippen molar-refractivity contribution in [2.24, 2.45) is 0 Å². The number of hydrogen-bond acceptors (Lipinski definition) is 2. The third-order valence-corrected chi connectivity index (χ3v) is 3.12. The standard InChI is InChI=1S/C11H14Br2N2O2/c1-7(6-17-2)14-11(16)15-10-4-3-8(12)5-9(10)13/h3-5,7H,6H2,1-2H3,(H2,14,15,16). The Kier molecular flexibility index (Phi) is 5.94. The third-order valence-electron chi connectivity index (χ3n) is 1.97. The van der Waals surface area contributed by atoms with Crippen molar-refractivity contribution in [1.82, 2.24) is 5.32 Å². The Morgan fingerprint density at radius 2 is 2.18 bits per heavy atom. The molecule has 0 aliphatic heterocycles. The minimum atomic E-state index is -0.252. The van der Waals surface area contributed by atoms with Gasteiger partial charge < -0.3 is 15.4 Å². The van der Waals surface area contributed by atoms with E-state index < -0.39 is 0 Å². The zero-order valence-corrected chi connectivity index (χ0v) is 12.8. The smallest absolute Gasteiger partial charge is 0.319 e. The van der Waals surface area contributed by atoms with Crippen molar-refractivity contribution in [1.29, 1.82) is 0 Å². The summed E-state index contributed by atoms with van der Waals surface area (Å²) < 4.78 is 6.70. The fraction of sp³-hybridized carbons (Fsp3) is 0.364. The normalized spacial score (nSPS) is 12.0. The molecule has 17 heavy (non-hydrogen) atoms. The summed E-state index contributed by atoms with van der Waals surface area (Å²) in [5.41, 5.74) is 0.718. The first kappa shape index (κ1) is 14.5. The Bertz CT molecular complexity index is 399. The number of hydrogen-bond donors (Lipinski definition) is 2. The first-order valence-corrected chi connectivity index (χ1v) is 6.63. The zero-order chi connectivity index (χ0) is 12.8. The topological polar surface area (TPSA) is 50.4 Å². The first-order valence-electron chi connectivity index (χ1n) is 5.04. The number of rotatable bonds is 4. The Labute approximate surface area is 117 Å². The molecule has 0 saturated heterocycles. The van der Waals surface area contributed by atoms with Crippen LogP contribution in [-0.2, 0) is 4.74 Å². The second-order valence-corrected chi connectivity index (χ2v) is 5.35. The molecule has 0 saturated carbocycles. The van der Waals surface area contributed by atoms with Crippen molar-refractivity contribution in [2.75, 3.05) is 19.0 Å². The predicted molar refractivity (Wildman–Crippen MR) is 75.3 cm³/mol. The van der Waals surface area contributed by atoms with E-state index in [9.17, 15) is 4.79 Å². The SMILES string of the molecule is COCC(C)NC(=O)Nc1ccc(Br)cc1Br.